The molecular weight excluding hydrogens is 261 g/mol. The lowest BCUT2D eigenvalue weighted by molar-refractivity contribution is -0.132. The second kappa shape index (κ2) is 5.61. The van der Waals surface area contributed by atoms with Gasteiger partial charge in [0.2, 0.25) is 0 Å². The number of halogens is 1. The van der Waals surface area contributed by atoms with Crippen molar-refractivity contribution >= 4 is 11.7 Å². The Labute approximate surface area is 117 Å². The van der Waals surface area contributed by atoms with Crippen molar-refractivity contribution in [2.24, 2.45) is 0 Å². The molecular formula is C15H18FNO3. The van der Waals surface area contributed by atoms with Crippen LogP contribution in [0.3, 0.4) is 0 Å². The number of ketones is 1. The van der Waals surface area contributed by atoms with E-state index < -0.39 is 12.6 Å². The number of phenols is 1. The second-order valence-electron chi connectivity index (χ2n) is 5.25. The molecule has 1 N–H and O–H groups in total. The summed E-state index contributed by atoms with van der Waals surface area (Å²) >= 11 is 0. The minimum atomic E-state index is -0.993. The van der Waals surface area contributed by atoms with E-state index in [0.29, 0.717) is 25.1 Å². The molecule has 1 aromatic carbocycles. The van der Waals surface area contributed by atoms with E-state index in [1.165, 1.54) is 11.8 Å². The highest BCUT2D eigenvalue weighted by Crippen LogP contribution is 2.31. The Morgan fingerprint density at radius 2 is 2.15 bits per heavy atom. The van der Waals surface area contributed by atoms with Gasteiger partial charge in [-0.15, -0.1) is 0 Å². The van der Waals surface area contributed by atoms with Gasteiger partial charge in [0.1, 0.15) is 5.75 Å². The molecule has 2 rings (SSSR count). The SMILES string of the molecule is CC(=O)c1cc2c(cc1O)CCN(C(=O)CF)CC2C. The summed E-state index contributed by atoms with van der Waals surface area (Å²) < 4.78 is 12.5. The van der Waals surface area contributed by atoms with E-state index in [2.05, 4.69) is 0 Å². The first-order chi connectivity index (χ1) is 9.43. The molecule has 0 radical (unpaired) electrons. The molecule has 0 saturated heterocycles. The average molecular weight is 279 g/mol. The normalized spacial score (nSPS) is 18.4. The highest BCUT2D eigenvalue weighted by atomic mass is 19.1. The molecule has 108 valence electrons. The number of benzene rings is 1. The highest BCUT2D eigenvalue weighted by Gasteiger charge is 2.24. The van der Waals surface area contributed by atoms with Crippen LogP contribution in [-0.2, 0) is 11.2 Å². The summed E-state index contributed by atoms with van der Waals surface area (Å²) in [6, 6.07) is 3.28. The first-order valence-electron chi connectivity index (χ1n) is 6.64. The Hall–Kier alpha value is -1.91. The van der Waals surface area contributed by atoms with Gasteiger partial charge in [-0.3, -0.25) is 9.59 Å². The third-order valence-corrected chi connectivity index (χ3v) is 3.78. The number of nitrogens with zero attached hydrogens (tertiary/aromatic N) is 1. The summed E-state index contributed by atoms with van der Waals surface area (Å²) in [5.74, 6) is -0.741. The molecule has 1 aliphatic rings. The maximum atomic E-state index is 12.5. The third kappa shape index (κ3) is 2.66. The summed E-state index contributed by atoms with van der Waals surface area (Å²) in [7, 11) is 0. The number of aromatic hydroxyl groups is 1. The van der Waals surface area contributed by atoms with E-state index in [9.17, 15) is 19.1 Å². The minimum absolute atomic E-state index is 0.00157. The molecule has 1 aromatic rings. The fraction of sp³-hybridized carbons (Fsp3) is 0.467. The highest BCUT2D eigenvalue weighted by molar-refractivity contribution is 5.97. The number of hydrogen-bond acceptors (Lipinski definition) is 3. The van der Waals surface area contributed by atoms with Crippen molar-refractivity contribution in [1.29, 1.82) is 0 Å². The molecule has 0 aromatic heterocycles. The van der Waals surface area contributed by atoms with Crippen LogP contribution in [0.15, 0.2) is 12.1 Å². The van der Waals surface area contributed by atoms with Crippen LogP contribution in [0.2, 0.25) is 0 Å². The van der Waals surface area contributed by atoms with Crippen LogP contribution in [0.25, 0.3) is 0 Å². The molecule has 20 heavy (non-hydrogen) atoms. The number of rotatable bonds is 2. The predicted molar refractivity (Wildman–Crippen MR) is 72.8 cm³/mol. The number of amides is 1. The maximum Gasteiger partial charge on any atom is 0.254 e. The first-order valence-corrected chi connectivity index (χ1v) is 6.64. The van der Waals surface area contributed by atoms with Crippen molar-refractivity contribution in [3.05, 3.63) is 28.8 Å². The van der Waals surface area contributed by atoms with Crippen molar-refractivity contribution in [3.63, 3.8) is 0 Å². The summed E-state index contributed by atoms with van der Waals surface area (Å²) in [6.07, 6.45) is 0.553. The van der Waals surface area contributed by atoms with E-state index in [-0.39, 0.29) is 17.5 Å². The Kier molecular flexibility index (Phi) is 4.06. The lowest BCUT2D eigenvalue weighted by Crippen LogP contribution is -2.35. The molecule has 0 spiro atoms. The summed E-state index contributed by atoms with van der Waals surface area (Å²) in [6.45, 7) is 3.20. The number of Topliss-reactive ketones (excluding diaryl/α,β-unsaturated/α-hetero) is 1. The summed E-state index contributed by atoms with van der Waals surface area (Å²) in [5.41, 5.74) is 2.15. The maximum absolute atomic E-state index is 12.5. The van der Waals surface area contributed by atoms with Gasteiger partial charge >= 0.3 is 0 Å². The Bertz CT molecular complexity index is 556. The molecule has 1 heterocycles. The zero-order valence-electron chi connectivity index (χ0n) is 11.6. The van der Waals surface area contributed by atoms with Crippen LogP contribution in [0.5, 0.6) is 5.75 Å². The van der Waals surface area contributed by atoms with Crippen LogP contribution in [0.4, 0.5) is 4.39 Å². The molecule has 1 amide bonds. The van der Waals surface area contributed by atoms with Gasteiger partial charge < -0.3 is 10.0 Å². The number of alkyl halides is 1. The molecule has 1 atom stereocenters. The van der Waals surface area contributed by atoms with Crippen LogP contribution < -0.4 is 0 Å². The van der Waals surface area contributed by atoms with Crippen molar-refractivity contribution in [1.82, 2.24) is 4.90 Å². The van der Waals surface area contributed by atoms with Crippen LogP contribution in [0.1, 0.15) is 41.3 Å². The van der Waals surface area contributed by atoms with Gasteiger partial charge in [0.25, 0.3) is 5.91 Å². The zero-order valence-corrected chi connectivity index (χ0v) is 11.6. The first kappa shape index (κ1) is 14.5. The number of fused-ring (bicyclic) bond motifs is 1. The van der Waals surface area contributed by atoms with E-state index in [0.717, 1.165) is 11.1 Å². The molecule has 4 nitrogen and oxygen atoms in total. The van der Waals surface area contributed by atoms with E-state index in [1.54, 1.807) is 12.1 Å². The van der Waals surface area contributed by atoms with Crippen LogP contribution >= 0.6 is 0 Å². The van der Waals surface area contributed by atoms with Gasteiger partial charge in [-0.25, -0.2) is 4.39 Å². The Morgan fingerprint density at radius 1 is 1.45 bits per heavy atom. The quantitative estimate of drug-likeness (QED) is 0.843. The third-order valence-electron chi connectivity index (χ3n) is 3.78. The lowest BCUT2D eigenvalue weighted by Gasteiger charge is -2.21. The van der Waals surface area contributed by atoms with Gasteiger partial charge in [0, 0.05) is 13.1 Å². The zero-order chi connectivity index (χ0) is 14.9. The smallest absolute Gasteiger partial charge is 0.254 e. The van der Waals surface area contributed by atoms with Crippen molar-refractivity contribution in [3.8, 4) is 5.75 Å². The molecule has 0 bridgehead atoms. The lowest BCUT2D eigenvalue weighted by atomic mass is 9.92. The molecule has 0 aliphatic carbocycles. The fourth-order valence-electron chi connectivity index (χ4n) is 2.69. The number of hydrogen-bond donors (Lipinski definition) is 1. The molecule has 5 heteroatoms. The Balaban J connectivity index is 2.38. The van der Waals surface area contributed by atoms with Gasteiger partial charge in [0.05, 0.1) is 5.56 Å². The molecule has 1 unspecified atom stereocenters. The van der Waals surface area contributed by atoms with Crippen molar-refractivity contribution < 1.29 is 19.1 Å². The summed E-state index contributed by atoms with van der Waals surface area (Å²) in [5, 5.41) is 9.87. The van der Waals surface area contributed by atoms with Crippen LogP contribution in [0, 0.1) is 0 Å². The van der Waals surface area contributed by atoms with Gasteiger partial charge in [0.15, 0.2) is 12.5 Å². The van der Waals surface area contributed by atoms with E-state index in [1.807, 2.05) is 6.92 Å². The van der Waals surface area contributed by atoms with Gasteiger partial charge in [-0.1, -0.05) is 6.92 Å². The number of phenolic OH excluding ortho intramolecular Hbond substituents is 1. The molecule has 1 aliphatic heterocycles. The largest absolute Gasteiger partial charge is 0.507 e. The Morgan fingerprint density at radius 3 is 2.75 bits per heavy atom. The van der Waals surface area contributed by atoms with Crippen molar-refractivity contribution in [2.45, 2.75) is 26.2 Å². The molecule has 0 saturated carbocycles. The van der Waals surface area contributed by atoms with Crippen LogP contribution in [-0.4, -0.2) is 41.5 Å². The summed E-state index contributed by atoms with van der Waals surface area (Å²) in [4.78, 5) is 24.5. The van der Waals surface area contributed by atoms with Crippen molar-refractivity contribution in [2.75, 3.05) is 19.8 Å². The minimum Gasteiger partial charge on any atom is -0.507 e. The van der Waals surface area contributed by atoms with E-state index in [4.69, 9.17) is 0 Å². The number of carbonyl (C=O) groups excluding carboxylic acids is 2. The standard InChI is InChI=1S/C15H18FNO3/c1-9-8-17(15(20)7-16)4-3-11-5-14(19)13(10(2)18)6-12(9)11/h5-6,9,19H,3-4,7-8H2,1-2H3. The van der Waals surface area contributed by atoms with Gasteiger partial charge in [-0.05, 0) is 42.5 Å². The topological polar surface area (TPSA) is 57.6 Å². The second-order valence-corrected chi connectivity index (χ2v) is 5.25. The number of carbonyl (C=O) groups is 2. The average Bonchev–Trinajstić information content (AvgIpc) is 2.56. The fourth-order valence-corrected chi connectivity index (χ4v) is 2.69. The monoisotopic (exact) mass is 279 g/mol. The predicted octanol–water partition coefficient (Wildman–Crippen LogP) is 2.05. The van der Waals surface area contributed by atoms with Gasteiger partial charge in [-0.2, -0.15) is 0 Å². The molecule has 0 fully saturated rings. The van der Waals surface area contributed by atoms with E-state index >= 15 is 0 Å².